The predicted octanol–water partition coefficient (Wildman–Crippen LogP) is 5.42. The Bertz CT molecular complexity index is 1310. The summed E-state index contributed by atoms with van der Waals surface area (Å²) in [7, 11) is 3.98. The zero-order valence-corrected chi connectivity index (χ0v) is 25.3. The van der Waals surface area contributed by atoms with E-state index in [2.05, 4.69) is 45.3 Å². The fourth-order valence-electron chi connectivity index (χ4n) is 5.47. The van der Waals surface area contributed by atoms with E-state index in [4.69, 9.17) is 9.72 Å². The Morgan fingerprint density at radius 2 is 1.93 bits per heavy atom. The number of hydrogen-bond acceptors (Lipinski definition) is 8. The second-order valence-corrected chi connectivity index (χ2v) is 12.7. The highest BCUT2D eigenvalue weighted by molar-refractivity contribution is 5.69. The van der Waals surface area contributed by atoms with Gasteiger partial charge in [-0.3, -0.25) is 9.97 Å². The van der Waals surface area contributed by atoms with E-state index in [1.807, 2.05) is 67.9 Å². The maximum atomic E-state index is 13.2. The van der Waals surface area contributed by atoms with Gasteiger partial charge in [-0.2, -0.15) is 0 Å². The number of nitrogens with zero attached hydrogens (tertiary/aromatic N) is 8. The average molecular weight is 561 g/mol. The van der Waals surface area contributed by atoms with Gasteiger partial charge in [-0.05, 0) is 77.5 Å². The summed E-state index contributed by atoms with van der Waals surface area (Å²) in [6.07, 6.45) is 13.0. The Labute approximate surface area is 243 Å². The Morgan fingerprint density at radius 1 is 1.12 bits per heavy atom. The van der Waals surface area contributed by atoms with Gasteiger partial charge in [0, 0.05) is 45.5 Å². The third-order valence-electron chi connectivity index (χ3n) is 8.15. The highest BCUT2D eigenvalue weighted by Crippen LogP contribution is 2.31. The smallest absolute Gasteiger partial charge is 0.410 e. The summed E-state index contributed by atoms with van der Waals surface area (Å²) in [6, 6.07) is 6.31. The molecular formula is C31H44N8O2. The number of hydrogen-bond donors (Lipinski definition) is 0. The lowest BCUT2D eigenvalue weighted by atomic mass is 9.84. The van der Waals surface area contributed by atoms with Crippen molar-refractivity contribution in [3.8, 4) is 11.3 Å². The molecule has 10 heteroatoms. The number of amides is 1. The van der Waals surface area contributed by atoms with Gasteiger partial charge in [-0.1, -0.05) is 11.6 Å². The van der Waals surface area contributed by atoms with E-state index in [0.717, 1.165) is 60.8 Å². The van der Waals surface area contributed by atoms with Crippen molar-refractivity contribution >= 4 is 17.5 Å². The fourth-order valence-corrected chi connectivity index (χ4v) is 5.47. The monoisotopic (exact) mass is 560 g/mol. The largest absolute Gasteiger partial charge is 0.444 e. The first-order chi connectivity index (χ1) is 19.6. The van der Waals surface area contributed by atoms with Crippen LogP contribution in [0, 0.1) is 5.92 Å². The molecule has 220 valence electrons. The summed E-state index contributed by atoms with van der Waals surface area (Å²) in [5.41, 5.74) is 4.21. The summed E-state index contributed by atoms with van der Waals surface area (Å²) >= 11 is 0. The molecule has 41 heavy (non-hydrogen) atoms. The topological polar surface area (TPSA) is 92.5 Å². The normalized spacial score (nSPS) is 18.5. The second kappa shape index (κ2) is 12.0. The molecule has 0 N–H and O–H groups in total. The molecule has 2 fully saturated rings. The highest BCUT2D eigenvalue weighted by Gasteiger charge is 2.34. The van der Waals surface area contributed by atoms with Crippen LogP contribution in [0.2, 0.25) is 0 Å². The van der Waals surface area contributed by atoms with E-state index in [1.54, 1.807) is 6.20 Å². The van der Waals surface area contributed by atoms with Gasteiger partial charge in [-0.25, -0.2) is 9.48 Å². The first-order valence-electron chi connectivity index (χ1n) is 14.8. The first-order valence-corrected chi connectivity index (χ1v) is 14.8. The van der Waals surface area contributed by atoms with Gasteiger partial charge in [0.25, 0.3) is 0 Å². The van der Waals surface area contributed by atoms with Gasteiger partial charge in [0.2, 0.25) is 0 Å². The van der Waals surface area contributed by atoms with Gasteiger partial charge in [0.05, 0.1) is 47.7 Å². The van der Waals surface area contributed by atoms with Crippen LogP contribution >= 0.6 is 0 Å². The number of carbonyl (C=O) groups is 1. The molecule has 3 aromatic rings. The zero-order valence-electron chi connectivity index (χ0n) is 25.3. The minimum Gasteiger partial charge on any atom is -0.444 e. The molecule has 4 heterocycles. The number of piperidine rings is 1. The van der Waals surface area contributed by atoms with Gasteiger partial charge in [0.15, 0.2) is 0 Å². The Morgan fingerprint density at radius 3 is 2.59 bits per heavy atom. The molecule has 0 radical (unpaired) electrons. The summed E-state index contributed by atoms with van der Waals surface area (Å²) in [5, 5.41) is 8.78. The molecule has 1 unspecified atom stereocenters. The van der Waals surface area contributed by atoms with Crippen molar-refractivity contribution in [3.05, 3.63) is 48.7 Å². The molecule has 0 bridgehead atoms. The van der Waals surface area contributed by atoms with Gasteiger partial charge < -0.3 is 19.4 Å². The van der Waals surface area contributed by atoms with E-state index in [1.165, 1.54) is 19.3 Å². The van der Waals surface area contributed by atoms with E-state index in [0.29, 0.717) is 5.92 Å². The number of ether oxygens (including phenoxy) is 1. The third-order valence-corrected chi connectivity index (χ3v) is 8.15. The molecule has 2 aliphatic rings. The average Bonchev–Trinajstić information content (AvgIpc) is 3.42. The van der Waals surface area contributed by atoms with Crippen LogP contribution in [-0.2, 0) is 4.74 Å². The van der Waals surface area contributed by atoms with Crippen LogP contribution in [0.3, 0.4) is 0 Å². The quantitative estimate of drug-likeness (QED) is 0.361. The van der Waals surface area contributed by atoms with E-state index in [9.17, 15) is 4.79 Å². The van der Waals surface area contributed by atoms with Crippen molar-refractivity contribution in [2.24, 2.45) is 5.92 Å². The number of anilines is 2. The summed E-state index contributed by atoms with van der Waals surface area (Å²) < 4.78 is 7.67. The van der Waals surface area contributed by atoms with Crippen molar-refractivity contribution in [1.82, 2.24) is 29.9 Å². The summed E-state index contributed by atoms with van der Waals surface area (Å²) in [6.45, 7) is 10.4. The van der Waals surface area contributed by atoms with Crippen LogP contribution in [0.4, 0.5) is 16.2 Å². The van der Waals surface area contributed by atoms with Crippen LogP contribution in [0.5, 0.6) is 0 Å². The van der Waals surface area contributed by atoms with Crippen molar-refractivity contribution in [3.63, 3.8) is 0 Å². The lowest BCUT2D eigenvalue weighted by Gasteiger charge is -2.43. The molecule has 1 saturated heterocycles. The van der Waals surface area contributed by atoms with Crippen LogP contribution in [0.1, 0.15) is 71.5 Å². The standard InChI is InChI=1S/C31H44N8O2/c1-22(39-21-29(34-35-39)24-15-27(36(5)6)17-32-16-24)28-13-12-25(18-33-28)37-14-8-11-26(20-37)38(19-23-9-7-10-23)30(40)41-31(2,3)4/h12-13,15-18,21-23,26H,7-11,14,19-20H2,1-6H3/t22?,26-/m1/s1. The molecule has 10 nitrogen and oxygen atoms in total. The third kappa shape index (κ3) is 6.97. The molecule has 1 saturated carbocycles. The molecule has 0 aromatic carbocycles. The van der Waals surface area contributed by atoms with Crippen molar-refractivity contribution in [2.45, 2.75) is 77.5 Å². The fraction of sp³-hybridized carbons (Fsp3) is 0.581. The number of carbonyl (C=O) groups excluding carboxylic acids is 1. The maximum absolute atomic E-state index is 13.2. The van der Waals surface area contributed by atoms with Crippen LogP contribution in [0.25, 0.3) is 11.3 Å². The minimum atomic E-state index is -0.502. The van der Waals surface area contributed by atoms with Gasteiger partial charge in [-0.15, -0.1) is 5.10 Å². The van der Waals surface area contributed by atoms with Crippen LogP contribution < -0.4 is 9.80 Å². The number of aromatic nitrogens is 5. The highest BCUT2D eigenvalue weighted by atomic mass is 16.6. The molecular weight excluding hydrogens is 516 g/mol. The van der Waals surface area contributed by atoms with Crippen molar-refractivity contribution in [1.29, 1.82) is 0 Å². The van der Waals surface area contributed by atoms with Crippen molar-refractivity contribution < 1.29 is 9.53 Å². The maximum Gasteiger partial charge on any atom is 0.410 e. The molecule has 5 rings (SSSR count). The van der Waals surface area contributed by atoms with Gasteiger partial charge in [0.1, 0.15) is 11.3 Å². The SMILES string of the molecule is CC(c1ccc(N2CCC[C@@H](N(CC3CCC3)C(=O)OC(C)(C)C)C2)cn1)n1cc(-c2cncc(N(C)C)c2)nn1. The predicted molar refractivity (Wildman–Crippen MR) is 161 cm³/mol. The zero-order chi connectivity index (χ0) is 29.1. The van der Waals surface area contributed by atoms with Gasteiger partial charge >= 0.3 is 6.09 Å². The summed E-state index contributed by atoms with van der Waals surface area (Å²) in [5.74, 6) is 0.589. The molecule has 1 aliphatic carbocycles. The van der Waals surface area contributed by atoms with E-state index in [-0.39, 0.29) is 18.2 Å². The molecule has 3 aromatic heterocycles. The molecule has 1 amide bonds. The second-order valence-electron chi connectivity index (χ2n) is 12.7. The molecule has 1 aliphatic heterocycles. The lowest BCUT2D eigenvalue weighted by Crippen LogP contribution is -2.53. The Hall–Kier alpha value is -3.69. The lowest BCUT2D eigenvalue weighted by molar-refractivity contribution is 0.00736. The Balaban J connectivity index is 1.26. The molecule has 0 spiro atoms. The number of rotatable bonds is 8. The van der Waals surface area contributed by atoms with Crippen molar-refractivity contribution in [2.75, 3.05) is 43.5 Å². The first kappa shape index (κ1) is 28.8. The minimum absolute atomic E-state index is 0.0745. The Kier molecular flexibility index (Phi) is 8.47. The van der Waals surface area contributed by atoms with Crippen LogP contribution in [-0.4, -0.2) is 81.3 Å². The number of pyridine rings is 2. The van der Waals surface area contributed by atoms with Crippen LogP contribution in [0.15, 0.2) is 43.0 Å². The van der Waals surface area contributed by atoms with E-state index < -0.39 is 5.60 Å². The molecule has 2 atom stereocenters. The van der Waals surface area contributed by atoms with E-state index >= 15 is 0 Å². The summed E-state index contributed by atoms with van der Waals surface area (Å²) in [4.78, 5) is 28.8.